The fourth-order valence-electron chi connectivity index (χ4n) is 2.44. The lowest BCUT2D eigenvalue weighted by Crippen LogP contribution is -2.68. The van der Waals surface area contributed by atoms with Crippen LogP contribution in [0.3, 0.4) is 0 Å². The van der Waals surface area contributed by atoms with Crippen LogP contribution in [-0.4, -0.2) is 54.0 Å². The van der Waals surface area contributed by atoms with Gasteiger partial charge in [-0.15, -0.1) is 0 Å². The Morgan fingerprint density at radius 1 is 1.33 bits per heavy atom. The maximum absolute atomic E-state index is 11.8. The molecule has 2 aliphatic rings. The van der Waals surface area contributed by atoms with Crippen molar-refractivity contribution in [2.45, 2.75) is 31.7 Å². The largest absolute Gasteiger partial charge is 0.342 e. The Hall–Kier alpha value is -0.610. The van der Waals surface area contributed by atoms with Crippen LogP contribution >= 0.6 is 0 Å². The maximum atomic E-state index is 11.8. The van der Waals surface area contributed by atoms with Gasteiger partial charge in [0.2, 0.25) is 5.91 Å². The van der Waals surface area contributed by atoms with Crippen molar-refractivity contribution in [3.63, 3.8) is 0 Å². The summed E-state index contributed by atoms with van der Waals surface area (Å²) in [5.41, 5.74) is 6.03. The van der Waals surface area contributed by atoms with Gasteiger partial charge in [-0.1, -0.05) is 6.92 Å². The SMILES string of the molecule is CCC1(N)CN(CC(=O)N2CCCC2)C1. The third-order valence-corrected chi connectivity index (χ3v) is 3.60. The molecule has 2 aliphatic heterocycles. The van der Waals surface area contributed by atoms with Crippen molar-refractivity contribution in [2.75, 3.05) is 32.7 Å². The Morgan fingerprint density at radius 2 is 1.93 bits per heavy atom. The normalized spacial score (nSPS) is 25.3. The zero-order valence-electron chi connectivity index (χ0n) is 9.54. The second kappa shape index (κ2) is 4.10. The molecule has 4 nitrogen and oxygen atoms in total. The summed E-state index contributed by atoms with van der Waals surface area (Å²) in [4.78, 5) is 15.9. The number of nitrogens with two attached hydrogens (primary N) is 1. The summed E-state index contributed by atoms with van der Waals surface area (Å²) in [6.07, 6.45) is 3.34. The fourth-order valence-corrected chi connectivity index (χ4v) is 2.44. The molecule has 0 aliphatic carbocycles. The first kappa shape index (κ1) is 10.9. The number of carbonyl (C=O) groups is 1. The van der Waals surface area contributed by atoms with E-state index in [0.717, 1.165) is 32.6 Å². The van der Waals surface area contributed by atoms with Gasteiger partial charge >= 0.3 is 0 Å². The van der Waals surface area contributed by atoms with Gasteiger partial charge in [-0.2, -0.15) is 0 Å². The minimum atomic E-state index is -0.0225. The van der Waals surface area contributed by atoms with E-state index in [9.17, 15) is 4.79 Å². The van der Waals surface area contributed by atoms with Crippen LogP contribution in [0.25, 0.3) is 0 Å². The monoisotopic (exact) mass is 211 g/mol. The lowest BCUT2D eigenvalue weighted by molar-refractivity contribution is -0.133. The smallest absolute Gasteiger partial charge is 0.236 e. The van der Waals surface area contributed by atoms with Crippen molar-refractivity contribution in [2.24, 2.45) is 5.73 Å². The van der Waals surface area contributed by atoms with Crippen molar-refractivity contribution >= 4 is 5.91 Å². The van der Waals surface area contributed by atoms with E-state index < -0.39 is 0 Å². The number of carbonyl (C=O) groups excluding carboxylic acids is 1. The van der Waals surface area contributed by atoms with Gasteiger partial charge in [0, 0.05) is 31.7 Å². The molecular formula is C11H21N3O. The van der Waals surface area contributed by atoms with Gasteiger partial charge < -0.3 is 10.6 Å². The number of rotatable bonds is 3. The van der Waals surface area contributed by atoms with Crippen LogP contribution in [0, 0.1) is 0 Å². The molecule has 0 unspecified atom stereocenters. The van der Waals surface area contributed by atoms with Crippen LogP contribution in [0.15, 0.2) is 0 Å². The lowest BCUT2D eigenvalue weighted by Gasteiger charge is -2.47. The number of amides is 1. The van der Waals surface area contributed by atoms with E-state index in [2.05, 4.69) is 11.8 Å². The lowest BCUT2D eigenvalue weighted by atomic mass is 9.88. The van der Waals surface area contributed by atoms with Gasteiger partial charge in [0.15, 0.2) is 0 Å². The predicted octanol–water partition coefficient (Wildman–Crippen LogP) is 0.0319. The molecule has 2 fully saturated rings. The zero-order valence-corrected chi connectivity index (χ0v) is 9.54. The van der Waals surface area contributed by atoms with E-state index in [0.29, 0.717) is 6.54 Å². The van der Waals surface area contributed by atoms with E-state index >= 15 is 0 Å². The molecule has 0 aromatic rings. The zero-order chi connectivity index (χ0) is 10.9. The average Bonchev–Trinajstić information content (AvgIpc) is 2.67. The third kappa shape index (κ3) is 2.32. The van der Waals surface area contributed by atoms with Crippen molar-refractivity contribution in [3.05, 3.63) is 0 Å². The molecule has 15 heavy (non-hydrogen) atoms. The highest BCUT2D eigenvalue weighted by Crippen LogP contribution is 2.21. The summed E-state index contributed by atoms with van der Waals surface area (Å²) in [7, 11) is 0. The standard InChI is InChI=1S/C11H21N3O/c1-2-11(12)8-13(9-11)7-10(15)14-5-3-4-6-14/h2-9,12H2,1H3. The Kier molecular flexibility index (Phi) is 2.98. The summed E-state index contributed by atoms with van der Waals surface area (Å²) in [6.45, 7) is 6.34. The number of nitrogens with zero attached hydrogens (tertiary/aromatic N) is 2. The molecule has 0 radical (unpaired) electrons. The molecule has 2 saturated heterocycles. The van der Waals surface area contributed by atoms with E-state index in [1.807, 2.05) is 4.90 Å². The van der Waals surface area contributed by atoms with Crippen LogP contribution in [-0.2, 0) is 4.79 Å². The molecule has 0 bridgehead atoms. The van der Waals surface area contributed by atoms with E-state index in [-0.39, 0.29) is 11.4 Å². The Morgan fingerprint density at radius 3 is 2.47 bits per heavy atom. The van der Waals surface area contributed by atoms with Crippen LogP contribution in [0.4, 0.5) is 0 Å². The molecule has 0 aromatic heterocycles. The Bertz CT molecular complexity index is 242. The molecular weight excluding hydrogens is 190 g/mol. The molecule has 2 rings (SSSR count). The van der Waals surface area contributed by atoms with Gasteiger partial charge in [0.1, 0.15) is 0 Å². The Balaban J connectivity index is 1.72. The average molecular weight is 211 g/mol. The highest BCUT2D eigenvalue weighted by atomic mass is 16.2. The fraction of sp³-hybridized carbons (Fsp3) is 0.909. The van der Waals surface area contributed by atoms with E-state index in [1.165, 1.54) is 12.8 Å². The van der Waals surface area contributed by atoms with Crippen molar-refractivity contribution < 1.29 is 4.79 Å². The molecule has 0 aromatic carbocycles. The predicted molar refractivity (Wildman–Crippen MR) is 59.5 cm³/mol. The summed E-state index contributed by atoms with van der Waals surface area (Å²) in [6, 6.07) is 0. The third-order valence-electron chi connectivity index (χ3n) is 3.60. The second-order valence-corrected chi connectivity index (χ2v) is 4.95. The molecule has 86 valence electrons. The van der Waals surface area contributed by atoms with Gasteiger partial charge in [-0.05, 0) is 19.3 Å². The van der Waals surface area contributed by atoms with E-state index in [4.69, 9.17) is 5.73 Å². The van der Waals surface area contributed by atoms with Crippen LogP contribution in [0.2, 0.25) is 0 Å². The summed E-state index contributed by atoms with van der Waals surface area (Å²) in [5, 5.41) is 0. The van der Waals surface area contributed by atoms with E-state index in [1.54, 1.807) is 0 Å². The first-order valence-corrected chi connectivity index (χ1v) is 5.92. The molecule has 2 N–H and O–H groups in total. The number of likely N-dealkylation sites (tertiary alicyclic amines) is 2. The molecule has 4 heteroatoms. The molecule has 0 saturated carbocycles. The van der Waals surface area contributed by atoms with Gasteiger partial charge in [-0.25, -0.2) is 0 Å². The second-order valence-electron chi connectivity index (χ2n) is 4.95. The highest BCUT2D eigenvalue weighted by molar-refractivity contribution is 5.78. The van der Waals surface area contributed by atoms with Crippen LogP contribution < -0.4 is 5.73 Å². The number of hydrogen-bond acceptors (Lipinski definition) is 3. The number of hydrogen-bond donors (Lipinski definition) is 1. The molecule has 2 heterocycles. The summed E-state index contributed by atoms with van der Waals surface area (Å²) >= 11 is 0. The minimum Gasteiger partial charge on any atom is -0.342 e. The first-order valence-electron chi connectivity index (χ1n) is 5.92. The molecule has 1 amide bonds. The molecule has 0 spiro atoms. The maximum Gasteiger partial charge on any atom is 0.236 e. The first-order chi connectivity index (χ1) is 7.13. The quantitative estimate of drug-likeness (QED) is 0.716. The van der Waals surface area contributed by atoms with Gasteiger partial charge in [0.05, 0.1) is 6.54 Å². The topological polar surface area (TPSA) is 49.6 Å². The van der Waals surface area contributed by atoms with Crippen molar-refractivity contribution in [3.8, 4) is 0 Å². The van der Waals surface area contributed by atoms with Crippen LogP contribution in [0.1, 0.15) is 26.2 Å². The summed E-state index contributed by atoms with van der Waals surface area (Å²) < 4.78 is 0. The minimum absolute atomic E-state index is 0.0225. The van der Waals surface area contributed by atoms with Crippen LogP contribution in [0.5, 0.6) is 0 Å². The van der Waals surface area contributed by atoms with Crippen molar-refractivity contribution in [1.82, 2.24) is 9.80 Å². The van der Waals surface area contributed by atoms with Crippen molar-refractivity contribution in [1.29, 1.82) is 0 Å². The Labute approximate surface area is 91.4 Å². The molecule has 0 atom stereocenters. The van der Waals surface area contributed by atoms with Gasteiger partial charge in [-0.3, -0.25) is 9.69 Å². The van der Waals surface area contributed by atoms with Gasteiger partial charge in [0.25, 0.3) is 0 Å². The summed E-state index contributed by atoms with van der Waals surface area (Å²) in [5.74, 6) is 0.283. The highest BCUT2D eigenvalue weighted by Gasteiger charge is 2.38.